The molecule has 3 heterocycles. The maximum Gasteiger partial charge on any atom is 0.245 e. The summed E-state index contributed by atoms with van der Waals surface area (Å²) in [6.07, 6.45) is 5.51. The normalized spacial score (nSPS) is 29.9. The molecular weight excluding hydrogens is 318 g/mol. The summed E-state index contributed by atoms with van der Waals surface area (Å²) < 4.78 is 2.82. The number of fused-ring (bicyclic) bond motifs is 2. The molecule has 1 aliphatic heterocycles. The molecular formula is C14H18BrN5. The van der Waals surface area contributed by atoms with E-state index in [0.29, 0.717) is 12.0 Å². The second-order valence-electron chi connectivity index (χ2n) is 6.03. The Labute approximate surface area is 126 Å². The van der Waals surface area contributed by atoms with Crippen LogP contribution in [0.15, 0.2) is 22.8 Å². The Hall–Kier alpha value is -1.14. The monoisotopic (exact) mass is 335 g/mol. The largest absolute Gasteiger partial charge is 0.339 e. The molecule has 2 fully saturated rings. The molecule has 2 aliphatic rings. The molecule has 0 amide bonds. The minimum Gasteiger partial charge on any atom is -0.339 e. The third-order valence-electron chi connectivity index (χ3n) is 4.68. The van der Waals surface area contributed by atoms with Crippen LogP contribution >= 0.6 is 15.9 Å². The topological polar surface area (TPSA) is 59.5 Å². The lowest BCUT2D eigenvalue weighted by Gasteiger charge is -2.27. The van der Waals surface area contributed by atoms with Crippen molar-refractivity contribution in [2.24, 2.45) is 17.6 Å². The Morgan fingerprint density at radius 2 is 2.10 bits per heavy atom. The van der Waals surface area contributed by atoms with Crippen LogP contribution in [0.2, 0.25) is 0 Å². The van der Waals surface area contributed by atoms with Gasteiger partial charge in [0.25, 0.3) is 0 Å². The first-order valence-electron chi connectivity index (χ1n) is 7.22. The minimum absolute atomic E-state index is 0.388. The summed E-state index contributed by atoms with van der Waals surface area (Å²) in [6, 6.07) is 4.36. The van der Waals surface area contributed by atoms with Gasteiger partial charge in [-0.25, -0.2) is 4.52 Å². The van der Waals surface area contributed by atoms with Crippen molar-refractivity contribution in [3.63, 3.8) is 0 Å². The highest BCUT2D eigenvalue weighted by Crippen LogP contribution is 2.37. The Bertz CT molecular complexity index is 640. The molecule has 1 aliphatic carbocycles. The zero-order valence-electron chi connectivity index (χ0n) is 11.2. The number of nitrogens with zero attached hydrogens (tertiary/aromatic N) is 4. The van der Waals surface area contributed by atoms with Crippen molar-refractivity contribution >= 4 is 27.5 Å². The number of rotatable bonds is 1. The predicted octanol–water partition coefficient (Wildman–Crippen LogP) is 2.06. The van der Waals surface area contributed by atoms with Crippen molar-refractivity contribution in [3.8, 4) is 0 Å². The number of hydrogen-bond acceptors (Lipinski definition) is 4. The lowest BCUT2D eigenvalue weighted by Crippen LogP contribution is -2.32. The zero-order chi connectivity index (χ0) is 13.7. The molecule has 0 bridgehead atoms. The fourth-order valence-corrected chi connectivity index (χ4v) is 4.05. The highest BCUT2D eigenvalue weighted by atomic mass is 79.9. The number of anilines is 1. The number of pyridine rings is 1. The maximum atomic E-state index is 6.10. The van der Waals surface area contributed by atoms with Gasteiger partial charge in [0, 0.05) is 25.3 Å². The Morgan fingerprint density at radius 1 is 1.25 bits per heavy atom. The smallest absolute Gasteiger partial charge is 0.245 e. The van der Waals surface area contributed by atoms with E-state index in [1.165, 1.54) is 12.8 Å². The molecule has 2 aromatic rings. The van der Waals surface area contributed by atoms with Gasteiger partial charge in [-0.1, -0.05) is 0 Å². The second-order valence-corrected chi connectivity index (χ2v) is 6.89. The van der Waals surface area contributed by atoms with Gasteiger partial charge in [0.05, 0.1) is 4.47 Å². The summed E-state index contributed by atoms with van der Waals surface area (Å²) in [5, 5.41) is 4.60. The third kappa shape index (κ3) is 2.02. The first-order valence-corrected chi connectivity index (χ1v) is 8.01. The second kappa shape index (κ2) is 4.70. The summed E-state index contributed by atoms with van der Waals surface area (Å²) in [5.41, 5.74) is 6.98. The van der Waals surface area contributed by atoms with Gasteiger partial charge in [-0.3, -0.25) is 0 Å². The fourth-order valence-electron chi connectivity index (χ4n) is 3.63. The summed E-state index contributed by atoms with van der Waals surface area (Å²) in [6.45, 7) is 2.12. The Morgan fingerprint density at radius 3 is 2.95 bits per heavy atom. The van der Waals surface area contributed by atoms with Crippen molar-refractivity contribution < 1.29 is 0 Å². The zero-order valence-corrected chi connectivity index (χ0v) is 12.8. The van der Waals surface area contributed by atoms with Crippen LogP contribution in [0.25, 0.3) is 5.65 Å². The van der Waals surface area contributed by atoms with Gasteiger partial charge in [0.15, 0.2) is 5.65 Å². The lowest BCUT2D eigenvalue weighted by molar-refractivity contribution is 0.271. The first kappa shape index (κ1) is 12.6. The number of hydrogen-bond donors (Lipinski definition) is 1. The van der Waals surface area contributed by atoms with Crippen molar-refractivity contribution in [1.82, 2.24) is 14.6 Å². The van der Waals surface area contributed by atoms with Crippen molar-refractivity contribution in [3.05, 3.63) is 22.8 Å². The van der Waals surface area contributed by atoms with Crippen LogP contribution in [0, 0.1) is 11.8 Å². The standard InChI is InChI=1S/C14H18BrN5/c15-12-2-1-5-20-13(12)17-14(18-20)19-7-9-3-4-11(16)6-10(9)8-19/h1-2,5,9-11H,3-4,6-8,16H2/t9-,10+,11?/m1/s1. The van der Waals surface area contributed by atoms with Crippen molar-refractivity contribution in [2.75, 3.05) is 18.0 Å². The summed E-state index contributed by atoms with van der Waals surface area (Å²) >= 11 is 3.53. The molecule has 1 saturated carbocycles. The molecule has 2 N–H and O–H groups in total. The molecule has 0 radical (unpaired) electrons. The van der Waals surface area contributed by atoms with Gasteiger partial charge >= 0.3 is 0 Å². The molecule has 1 saturated heterocycles. The van der Waals surface area contributed by atoms with Crippen LogP contribution < -0.4 is 10.6 Å². The van der Waals surface area contributed by atoms with E-state index >= 15 is 0 Å². The van der Waals surface area contributed by atoms with E-state index in [-0.39, 0.29) is 0 Å². The van der Waals surface area contributed by atoms with Crippen LogP contribution in [0.5, 0.6) is 0 Å². The highest BCUT2D eigenvalue weighted by Gasteiger charge is 2.38. The van der Waals surface area contributed by atoms with Crippen LogP contribution in [-0.2, 0) is 0 Å². The Balaban J connectivity index is 1.62. The Kier molecular flexibility index (Phi) is 2.96. The van der Waals surface area contributed by atoms with E-state index in [9.17, 15) is 0 Å². The lowest BCUT2D eigenvalue weighted by atomic mass is 9.79. The molecule has 0 aromatic carbocycles. The van der Waals surface area contributed by atoms with Gasteiger partial charge in [-0.2, -0.15) is 4.98 Å². The quantitative estimate of drug-likeness (QED) is 0.866. The molecule has 20 heavy (non-hydrogen) atoms. The highest BCUT2D eigenvalue weighted by molar-refractivity contribution is 9.10. The summed E-state index contributed by atoms with van der Waals surface area (Å²) in [7, 11) is 0. The van der Waals surface area contributed by atoms with E-state index < -0.39 is 0 Å². The number of nitrogens with two attached hydrogens (primary N) is 1. The molecule has 4 rings (SSSR count). The van der Waals surface area contributed by atoms with Crippen molar-refractivity contribution in [1.29, 1.82) is 0 Å². The SMILES string of the molecule is NC1CC[C@@H]2CN(c3nc4c(Br)cccn4n3)C[C@@H]2C1. The van der Waals surface area contributed by atoms with Gasteiger partial charge in [0.1, 0.15) is 0 Å². The van der Waals surface area contributed by atoms with Crippen LogP contribution in [0.1, 0.15) is 19.3 Å². The van der Waals surface area contributed by atoms with Gasteiger partial charge in [-0.05, 0) is 59.2 Å². The molecule has 5 nitrogen and oxygen atoms in total. The fraction of sp³-hybridized carbons (Fsp3) is 0.571. The van der Waals surface area contributed by atoms with E-state index in [0.717, 1.165) is 41.5 Å². The number of halogens is 1. The molecule has 3 atom stereocenters. The molecule has 2 aromatic heterocycles. The third-order valence-corrected chi connectivity index (χ3v) is 5.30. The molecule has 0 spiro atoms. The van der Waals surface area contributed by atoms with Crippen LogP contribution in [-0.4, -0.2) is 33.7 Å². The van der Waals surface area contributed by atoms with Gasteiger partial charge in [0.2, 0.25) is 5.95 Å². The minimum atomic E-state index is 0.388. The number of aromatic nitrogens is 3. The maximum absolute atomic E-state index is 6.10. The average Bonchev–Trinajstić information content (AvgIpc) is 3.01. The van der Waals surface area contributed by atoms with Crippen LogP contribution in [0.4, 0.5) is 5.95 Å². The van der Waals surface area contributed by atoms with Crippen LogP contribution in [0.3, 0.4) is 0 Å². The first-order chi connectivity index (χ1) is 9.70. The van der Waals surface area contributed by atoms with Gasteiger partial charge < -0.3 is 10.6 Å². The average molecular weight is 336 g/mol. The van der Waals surface area contributed by atoms with E-state index in [2.05, 4.69) is 30.9 Å². The predicted molar refractivity (Wildman–Crippen MR) is 81.7 cm³/mol. The summed E-state index contributed by atoms with van der Waals surface area (Å²) in [4.78, 5) is 7.00. The van der Waals surface area contributed by atoms with E-state index in [1.54, 1.807) is 0 Å². The molecule has 106 valence electrons. The van der Waals surface area contributed by atoms with Gasteiger partial charge in [-0.15, -0.1) is 5.10 Å². The van der Waals surface area contributed by atoms with Crippen molar-refractivity contribution in [2.45, 2.75) is 25.3 Å². The molecule has 6 heteroatoms. The molecule has 1 unspecified atom stereocenters. The summed E-state index contributed by atoms with van der Waals surface area (Å²) in [5.74, 6) is 2.33. The van der Waals surface area contributed by atoms with E-state index in [1.807, 2.05) is 22.8 Å². The van der Waals surface area contributed by atoms with E-state index in [4.69, 9.17) is 5.73 Å².